The number of fused-ring (bicyclic) bond motifs is 1. The van der Waals surface area contributed by atoms with Crippen LogP contribution >= 0.6 is 11.3 Å². The van der Waals surface area contributed by atoms with Gasteiger partial charge in [0.1, 0.15) is 12.4 Å². The van der Waals surface area contributed by atoms with Gasteiger partial charge < -0.3 is 24.8 Å². The summed E-state index contributed by atoms with van der Waals surface area (Å²) in [5.41, 5.74) is 1.29. The normalized spacial score (nSPS) is 13.0. The van der Waals surface area contributed by atoms with Crippen molar-refractivity contribution < 1.29 is 14.2 Å². The number of aliphatic imine (C=N–C) groups is 1. The number of thiophene rings is 1. The molecule has 2 aromatic rings. The van der Waals surface area contributed by atoms with Crippen LogP contribution in [0, 0.1) is 6.92 Å². The van der Waals surface area contributed by atoms with Gasteiger partial charge in [-0.05, 0) is 43.0 Å². The fourth-order valence-corrected chi connectivity index (χ4v) is 3.19. The number of rotatable bonds is 7. The summed E-state index contributed by atoms with van der Waals surface area (Å²) in [6, 6.07) is 7.71. The Morgan fingerprint density at radius 3 is 2.92 bits per heavy atom. The lowest BCUT2D eigenvalue weighted by Crippen LogP contribution is -2.39. The largest absolute Gasteiger partial charge is 0.492 e. The maximum atomic E-state index is 5.75. The third kappa shape index (κ3) is 4.79. The highest BCUT2D eigenvalue weighted by molar-refractivity contribution is 7.10. The van der Waals surface area contributed by atoms with Crippen LogP contribution < -0.4 is 24.8 Å². The monoisotopic (exact) mass is 361 g/mol. The highest BCUT2D eigenvalue weighted by Gasteiger charge is 2.13. The lowest BCUT2D eigenvalue weighted by Gasteiger charge is -2.12. The van der Waals surface area contributed by atoms with E-state index in [0.717, 1.165) is 29.8 Å². The molecule has 3 rings (SSSR count). The van der Waals surface area contributed by atoms with Crippen molar-refractivity contribution in [2.45, 2.75) is 20.4 Å². The summed E-state index contributed by atoms with van der Waals surface area (Å²) in [6.07, 6.45) is 0. The molecule has 0 saturated carbocycles. The molecule has 0 bridgehead atoms. The van der Waals surface area contributed by atoms with Gasteiger partial charge in [-0.2, -0.15) is 0 Å². The number of aryl methyl sites for hydroxylation is 1. The summed E-state index contributed by atoms with van der Waals surface area (Å²) in [7, 11) is 0. The minimum absolute atomic E-state index is 0.270. The van der Waals surface area contributed by atoms with Crippen LogP contribution in [0.25, 0.3) is 0 Å². The van der Waals surface area contributed by atoms with E-state index in [1.807, 2.05) is 18.2 Å². The first kappa shape index (κ1) is 17.4. The average molecular weight is 361 g/mol. The van der Waals surface area contributed by atoms with Crippen molar-refractivity contribution in [2.24, 2.45) is 4.99 Å². The van der Waals surface area contributed by atoms with E-state index < -0.39 is 0 Å². The van der Waals surface area contributed by atoms with Crippen molar-refractivity contribution in [3.05, 3.63) is 40.1 Å². The fourth-order valence-electron chi connectivity index (χ4n) is 2.36. The molecular weight excluding hydrogens is 338 g/mol. The van der Waals surface area contributed by atoms with Gasteiger partial charge in [-0.3, -0.25) is 0 Å². The van der Waals surface area contributed by atoms with Crippen LogP contribution in [0.4, 0.5) is 0 Å². The van der Waals surface area contributed by atoms with E-state index in [0.29, 0.717) is 19.7 Å². The third-order valence-electron chi connectivity index (χ3n) is 3.70. The van der Waals surface area contributed by atoms with E-state index in [4.69, 9.17) is 14.2 Å². The molecule has 0 fully saturated rings. The number of benzene rings is 1. The van der Waals surface area contributed by atoms with Crippen molar-refractivity contribution in [2.75, 3.05) is 26.5 Å². The Morgan fingerprint density at radius 1 is 1.24 bits per heavy atom. The van der Waals surface area contributed by atoms with Gasteiger partial charge in [0.2, 0.25) is 6.79 Å². The number of guanidine groups is 1. The second kappa shape index (κ2) is 8.62. The predicted octanol–water partition coefficient (Wildman–Crippen LogP) is 2.92. The first-order valence-corrected chi connectivity index (χ1v) is 9.22. The van der Waals surface area contributed by atoms with Gasteiger partial charge >= 0.3 is 0 Å². The Morgan fingerprint density at radius 2 is 2.12 bits per heavy atom. The average Bonchev–Trinajstić information content (AvgIpc) is 3.24. The fraction of sp³-hybridized carbons (Fsp3) is 0.389. The van der Waals surface area contributed by atoms with E-state index in [1.54, 1.807) is 11.3 Å². The minimum Gasteiger partial charge on any atom is -0.492 e. The van der Waals surface area contributed by atoms with Crippen LogP contribution in [0.2, 0.25) is 0 Å². The third-order valence-corrected chi connectivity index (χ3v) is 4.71. The number of ether oxygens (including phenoxy) is 3. The second-order valence-electron chi connectivity index (χ2n) is 5.51. The predicted molar refractivity (Wildman–Crippen MR) is 99.9 cm³/mol. The molecule has 2 N–H and O–H groups in total. The van der Waals surface area contributed by atoms with E-state index in [2.05, 4.69) is 40.9 Å². The van der Waals surface area contributed by atoms with Gasteiger partial charge in [0, 0.05) is 17.5 Å². The lowest BCUT2D eigenvalue weighted by molar-refractivity contribution is 0.173. The SMILES string of the molecule is CCNC(=NCc1sccc1C)NCCOc1ccc2c(c1)OCO2. The summed E-state index contributed by atoms with van der Waals surface area (Å²) >= 11 is 1.74. The molecule has 1 aromatic carbocycles. The van der Waals surface area contributed by atoms with Crippen LogP contribution in [0.15, 0.2) is 34.6 Å². The zero-order valence-corrected chi connectivity index (χ0v) is 15.3. The topological polar surface area (TPSA) is 64.1 Å². The zero-order chi connectivity index (χ0) is 17.5. The van der Waals surface area contributed by atoms with E-state index in [9.17, 15) is 0 Å². The van der Waals surface area contributed by atoms with Crippen molar-refractivity contribution in [1.29, 1.82) is 0 Å². The molecule has 1 aliphatic heterocycles. The Balaban J connectivity index is 1.46. The molecule has 2 heterocycles. The molecule has 0 saturated heterocycles. The van der Waals surface area contributed by atoms with Crippen molar-refractivity contribution in [3.8, 4) is 17.2 Å². The zero-order valence-electron chi connectivity index (χ0n) is 14.5. The van der Waals surface area contributed by atoms with Crippen molar-refractivity contribution in [1.82, 2.24) is 10.6 Å². The number of hydrogen-bond donors (Lipinski definition) is 2. The Bertz CT molecular complexity index is 730. The van der Waals surface area contributed by atoms with Gasteiger partial charge in [0.25, 0.3) is 0 Å². The van der Waals surface area contributed by atoms with E-state index >= 15 is 0 Å². The number of nitrogens with zero attached hydrogens (tertiary/aromatic N) is 1. The van der Waals surface area contributed by atoms with Gasteiger partial charge in [-0.15, -0.1) is 11.3 Å². The molecule has 0 spiro atoms. The molecular formula is C18H23N3O3S. The molecule has 0 amide bonds. The Hall–Kier alpha value is -2.41. The van der Waals surface area contributed by atoms with Gasteiger partial charge in [-0.25, -0.2) is 4.99 Å². The molecule has 0 radical (unpaired) electrons. The molecule has 0 unspecified atom stereocenters. The first-order valence-electron chi connectivity index (χ1n) is 8.34. The number of nitrogens with one attached hydrogen (secondary N) is 2. The summed E-state index contributed by atoms with van der Waals surface area (Å²) in [6.45, 7) is 7.12. The van der Waals surface area contributed by atoms with Crippen LogP contribution in [0.1, 0.15) is 17.4 Å². The molecule has 25 heavy (non-hydrogen) atoms. The quantitative estimate of drug-likeness (QED) is 0.451. The summed E-state index contributed by atoms with van der Waals surface area (Å²) in [5, 5.41) is 8.63. The molecule has 1 aromatic heterocycles. The van der Waals surface area contributed by atoms with Gasteiger partial charge in [0.05, 0.1) is 13.1 Å². The highest BCUT2D eigenvalue weighted by Crippen LogP contribution is 2.34. The maximum Gasteiger partial charge on any atom is 0.231 e. The Kier molecular flexibility index (Phi) is 6.00. The summed E-state index contributed by atoms with van der Waals surface area (Å²) in [5.74, 6) is 3.05. The molecule has 6 nitrogen and oxygen atoms in total. The van der Waals surface area contributed by atoms with E-state index in [-0.39, 0.29) is 6.79 Å². The van der Waals surface area contributed by atoms with Crippen LogP contribution in [-0.4, -0.2) is 32.4 Å². The minimum atomic E-state index is 0.270. The molecule has 0 aliphatic carbocycles. The number of hydrogen-bond acceptors (Lipinski definition) is 5. The molecule has 7 heteroatoms. The maximum absolute atomic E-state index is 5.75. The van der Waals surface area contributed by atoms with Crippen LogP contribution in [-0.2, 0) is 6.54 Å². The molecule has 134 valence electrons. The second-order valence-corrected chi connectivity index (χ2v) is 6.51. The standard InChI is InChI=1S/C18H23N3O3S/c1-3-19-18(21-11-17-13(2)6-9-25-17)20-7-8-22-14-4-5-15-16(10-14)24-12-23-15/h4-6,9-10H,3,7-8,11-12H2,1-2H3,(H2,19,20,21). The smallest absolute Gasteiger partial charge is 0.231 e. The summed E-state index contributed by atoms with van der Waals surface area (Å²) in [4.78, 5) is 5.91. The van der Waals surface area contributed by atoms with Crippen molar-refractivity contribution in [3.63, 3.8) is 0 Å². The van der Waals surface area contributed by atoms with Crippen LogP contribution in [0.3, 0.4) is 0 Å². The van der Waals surface area contributed by atoms with Crippen LogP contribution in [0.5, 0.6) is 17.2 Å². The molecule has 1 aliphatic rings. The Labute approximate surface area is 151 Å². The van der Waals surface area contributed by atoms with Gasteiger partial charge in [0.15, 0.2) is 17.5 Å². The van der Waals surface area contributed by atoms with Crippen molar-refractivity contribution >= 4 is 17.3 Å². The van der Waals surface area contributed by atoms with E-state index in [1.165, 1.54) is 10.4 Å². The lowest BCUT2D eigenvalue weighted by atomic mass is 10.3. The highest BCUT2D eigenvalue weighted by atomic mass is 32.1. The van der Waals surface area contributed by atoms with Gasteiger partial charge in [-0.1, -0.05) is 0 Å². The molecule has 0 atom stereocenters. The first-order chi connectivity index (χ1) is 12.3. The summed E-state index contributed by atoms with van der Waals surface area (Å²) < 4.78 is 16.4.